The lowest BCUT2D eigenvalue weighted by Gasteiger charge is -2.37. The molecule has 1 aromatic heterocycles. The minimum atomic E-state index is -1.06. The highest BCUT2D eigenvalue weighted by atomic mass is 32.1. The Hall–Kier alpha value is -1.96. The Balaban J connectivity index is 2.48. The SMILES string of the molecule is CC(C)(C)N1C(=O)CC(C(=O)O)C1c1ccc([N+](=O)[O-])s1. The molecule has 7 nitrogen and oxygen atoms in total. The lowest BCUT2D eigenvalue weighted by Crippen LogP contribution is -2.44. The van der Waals surface area contributed by atoms with E-state index in [1.165, 1.54) is 11.0 Å². The van der Waals surface area contributed by atoms with Crippen LogP contribution in [0.1, 0.15) is 38.1 Å². The van der Waals surface area contributed by atoms with E-state index in [0.717, 1.165) is 11.3 Å². The molecule has 0 spiro atoms. The van der Waals surface area contributed by atoms with Crippen LogP contribution in [0.2, 0.25) is 0 Å². The number of carboxylic acid groups (broad SMARTS) is 1. The molecule has 1 aromatic rings. The molecule has 1 N–H and O–H groups in total. The number of nitrogens with zero attached hydrogens (tertiary/aromatic N) is 2. The number of thiophene rings is 1. The van der Waals surface area contributed by atoms with Gasteiger partial charge in [-0.05, 0) is 26.8 Å². The Kier molecular flexibility index (Phi) is 3.75. The molecule has 1 fully saturated rings. The second-order valence-electron chi connectivity index (χ2n) is 5.96. The maximum atomic E-state index is 12.2. The molecule has 1 aliphatic heterocycles. The van der Waals surface area contributed by atoms with Crippen LogP contribution in [0.15, 0.2) is 12.1 Å². The van der Waals surface area contributed by atoms with Gasteiger partial charge in [-0.3, -0.25) is 19.7 Å². The van der Waals surface area contributed by atoms with Crippen molar-refractivity contribution in [1.29, 1.82) is 0 Å². The first kappa shape index (κ1) is 15.4. The van der Waals surface area contributed by atoms with E-state index in [2.05, 4.69) is 0 Å². The van der Waals surface area contributed by atoms with Gasteiger partial charge in [0.15, 0.2) is 0 Å². The maximum Gasteiger partial charge on any atom is 0.324 e. The highest BCUT2D eigenvalue weighted by molar-refractivity contribution is 7.15. The summed E-state index contributed by atoms with van der Waals surface area (Å²) in [5.74, 6) is -2.18. The van der Waals surface area contributed by atoms with Gasteiger partial charge in [-0.25, -0.2) is 0 Å². The smallest absolute Gasteiger partial charge is 0.324 e. The summed E-state index contributed by atoms with van der Waals surface area (Å²) in [6, 6.07) is 2.23. The minimum absolute atomic E-state index is 0.0534. The number of likely N-dealkylation sites (tertiary alicyclic amines) is 1. The minimum Gasteiger partial charge on any atom is -0.481 e. The van der Waals surface area contributed by atoms with Gasteiger partial charge in [-0.15, -0.1) is 0 Å². The fourth-order valence-corrected chi connectivity index (χ4v) is 3.65. The molecule has 0 aromatic carbocycles. The fraction of sp³-hybridized carbons (Fsp3) is 0.538. The molecule has 1 saturated heterocycles. The largest absolute Gasteiger partial charge is 0.481 e. The molecule has 0 saturated carbocycles. The van der Waals surface area contributed by atoms with E-state index in [9.17, 15) is 24.8 Å². The van der Waals surface area contributed by atoms with E-state index < -0.39 is 28.4 Å². The summed E-state index contributed by atoms with van der Waals surface area (Å²) in [5, 5.41) is 20.1. The lowest BCUT2D eigenvalue weighted by atomic mass is 9.96. The van der Waals surface area contributed by atoms with Crippen molar-refractivity contribution in [2.45, 2.75) is 38.8 Å². The molecular weight excluding hydrogens is 296 g/mol. The topological polar surface area (TPSA) is 101 Å². The van der Waals surface area contributed by atoms with Crippen molar-refractivity contribution in [2.24, 2.45) is 5.92 Å². The van der Waals surface area contributed by atoms with Gasteiger partial charge in [0.05, 0.1) is 16.9 Å². The van der Waals surface area contributed by atoms with Crippen molar-refractivity contribution in [3.8, 4) is 0 Å². The highest BCUT2D eigenvalue weighted by Crippen LogP contribution is 2.45. The third-order valence-electron chi connectivity index (χ3n) is 3.45. The molecule has 21 heavy (non-hydrogen) atoms. The first-order valence-corrected chi connectivity index (χ1v) is 7.23. The van der Waals surface area contributed by atoms with E-state index in [4.69, 9.17) is 0 Å². The van der Waals surface area contributed by atoms with Crippen molar-refractivity contribution in [3.63, 3.8) is 0 Å². The second-order valence-corrected chi connectivity index (χ2v) is 7.06. The van der Waals surface area contributed by atoms with E-state index in [1.54, 1.807) is 6.07 Å². The number of carbonyl (C=O) groups is 2. The van der Waals surface area contributed by atoms with Gasteiger partial charge in [-0.1, -0.05) is 11.3 Å². The van der Waals surface area contributed by atoms with E-state index >= 15 is 0 Å². The monoisotopic (exact) mass is 312 g/mol. The molecule has 114 valence electrons. The standard InChI is InChI=1S/C13H16N2O5S/c1-13(2,3)14-9(16)6-7(12(17)18)11(14)8-4-5-10(21-8)15(19)20/h4-5,7,11H,6H2,1-3H3,(H,17,18). The Labute approximate surface area is 125 Å². The molecule has 1 amide bonds. The van der Waals surface area contributed by atoms with Crippen LogP contribution in [0, 0.1) is 16.0 Å². The zero-order valence-corrected chi connectivity index (χ0v) is 12.7. The molecule has 2 atom stereocenters. The predicted molar refractivity (Wildman–Crippen MR) is 76.1 cm³/mol. The van der Waals surface area contributed by atoms with Crippen molar-refractivity contribution < 1.29 is 19.6 Å². The van der Waals surface area contributed by atoms with Gasteiger partial charge in [0.1, 0.15) is 0 Å². The molecule has 2 unspecified atom stereocenters. The van der Waals surface area contributed by atoms with Crippen LogP contribution in [-0.2, 0) is 9.59 Å². The maximum absolute atomic E-state index is 12.2. The third-order valence-corrected chi connectivity index (χ3v) is 4.55. The number of nitro groups is 1. The van der Waals surface area contributed by atoms with Gasteiger partial charge in [0.2, 0.25) is 5.91 Å². The molecule has 2 rings (SSSR count). The van der Waals surface area contributed by atoms with Crippen LogP contribution >= 0.6 is 11.3 Å². The number of aliphatic carboxylic acids is 1. The predicted octanol–water partition coefficient (Wildman–Crippen LogP) is 2.43. The van der Waals surface area contributed by atoms with Crippen molar-refractivity contribution in [3.05, 3.63) is 27.1 Å². The summed E-state index contributed by atoms with van der Waals surface area (Å²) in [6.45, 7) is 5.47. The van der Waals surface area contributed by atoms with Crippen molar-refractivity contribution in [1.82, 2.24) is 4.90 Å². The quantitative estimate of drug-likeness (QED) is 0.682. The van der Waals surface area contributed by atoms with Crippen molar-refractivity contribution >= 4 is 28.2 Å². The highest BCUT2D eigenvalue weighted by Gasteiger charge is 2.49. The van der Waals surface area contributed by atoms with Crippen LogP contribution in [0.25, 0.3) is 0 Å². The Morgan fingerprint density at radius 2 is 2.10 bits per heavy atom. The molecule has 0 radical (unpaired) electrons. The number of amides is 1. The van der Waals surface area contributed by atoms with Gasteiger partial charge in [0, 0.05) is 22.9 Å². The lowest BCUT2D eigenvalue weighted by molar-refractivity contribution is -0.380. The Bertz CT molecular complexity index is 604. The molecule has 2 heterocycles. The Morgan fingerprint density at radius 1 is 1.48 bits per heavy atom. The molecule has 8 heteroatoms. The third kappa shape index (κ3) is 2.76. The van der Waals surface area contributed by atoms with Gasteiger partial charge >= 0.3 is 11.0 Å². The van der Waals surface area contributed by atoms with Gasteiger partial charge in [0.25, 0.3) is 0 Å². The van der Waals surface area contributed by atoms with Crippen LogP contribution < -0.4 is 0 Å². The summed E-state index contributed by atoms with van der Waals surface area (Å²) in [5.41, 5.74) is -0.551. The number of carboxylic acids is 1. The van der Waals surface area contributed by atoms with Gasteiger partial charge < -0.3 is 10.0 Å². The summed E-state index contributed by atoms with van der Waals surface area (Å²) in [6.07, 6.45) is -0.0804. The molecule has 0 aliphatic carbocycles. The number of hydrogen-bond donors (Lipinski definition) is 1. The zero-order valence-electron chi connectivity index (χ0n) is 11.9. The van der Waals surface area contributed by atoms with Crippen LogP contribution in [0.5, 0.6) is 0 Å². The molecule has 0 bridgehead atoms. The summed E-state index contributed by atoms with van der Waals surface area (Å²) in [7, 11) is 0. The zero-order chi connectivity index (χ0) is 15.9. The number of hydrogen-bond acceptors (Lipinski definition) is 5. The first-order chi connectivity index (χ1) is 9.62. The average Bonchev–Trinajstić information content (AvgIpc) is 2.90. The van der Waals surface area contributed by atoms with E-state index in [0.29, 0.717) is 4.88 Å². The van der Waals surface area contributed by atoms with E-state index in [1.807, 2.05) is 20.8 Å². The normalized spacial score (nSPS) is 22.6. The Morgan fingerprint density at radius 3 is 2.52 bits per heavy atom. The summed E-state index contributed by atoms with van der Waals surface area (Å²) < 4.78 is 0. The molecular formula is C13H16N2O5S. The first-order valence-electron chi connectivity index (χ1n) is 6.42. The van der Waals surface area contributed by atoms with Crippen LogP contribution in [0.4, 0.5) is 5.00 Å². The van der Waals surface area contributed by atoms with Gasteiger partial charge in [-0.2, -0.15) is 0 Å². The average molecular weight is 312 g/mol. The second kappa shape index (κ2) is 5.10. The fourth-order valence-electron chi connectivity index (χ4n) is 2.67. The molecule has 1 aliphatic rings. The van der Waals surface area contributed by atoms with Crippen LogP contribution in [0.3, 0.4) is 0 Å². The summed E-state index contributed by atoms with van der Waals surface area (Å²) >= 11 is 0.925. The van der Waals surface area contributed by atoms with Crippen LogP contribution in [-0.4, -0.2) is 32.3 Å². The number of rotatable bonds is 3. The summed E-state index contributed by atoms with van der Waals surface area (Å²) in [4.78, 5) is 36.0. The number of carbonyl (C=O) groups excluding carboxylic acids is 1. The van der Waals surface area contributed by atoms with Crippen molar-refractivity contribution in [2.75, 3.05) is 0 Å². The van der Waals surface area contributed by atoms with E-state index in [-0.39, 0.29) is 17.3 Å².